The molecule has 1 aromatic carbocycles. The second kappa shape index (κ2) is 7.51. The van der Waals surface area contributed by atoms with Gasteiger partial charge in [-0.2, -0.15) is 0 Å². The van der Waals surface area contributed by atoms with Crippen molar-refractivity contribution in [3.8, 4) is 5.75 Å². The molecule has 0 saturated carbocycles. The first kappa shape index (κ1) is 16.0. The number of rotatable bonds is 7. The molecular formula is C16H28N2O. The molecule has 0 aliphatic carbocycles. The lowest BCUT2D eigenvalue weighted by atomic mass is 10.1. The predicted molar refractivity (Wildman–Crippen MR) is 81.5 cm³/mol. The van der Waals surface area contributed by atoms with Gasteiger partial charge >= 0.3 is 0 Å². The fourth-order valence-electron chi connectivity index (χ4n) is 2.25. The Labute approximate surface area is 117 Å². The fraction of sp³-hybridized carbons (Fsp3) is 0.625. The van der Waals surface area contributed by atoms with Crippen LogP contribution >= 0.6 is 0 Å². The van der Waals surface area contributed by atoms with E-state index in [0.29, 0.717) is 18.7 Å². The third kappa shape index (κ3) is 5.21. The van der Waals surface area contributed by atoms with Gasteiger partial charge in [-0.25, -0.2) is 0 Å². The van der Waals surface area contributed by atoms with Crippen molar-refractivity contribution in [1.29, 1.82) is 0 Å². The maximum absolute atomic E-state index is 5.82. The summed E-state index contributed by atoms with van der Waals surface area (Å²) in [5.74, 6) is 0.914. The topological polar surface area (TPSA) is 38.5 Å². The Morgan fingerprint density at radius 1 is 1.00 bits per heavy atom. The average molecular weight is 264 g/mol. The highest BCUT2D eigenvalue weighted by atomic mass is 16.5. The van der Waals surface area contributed by atoms with E-state index in [-0.39, 0.29) is 6.04 Å². The van der Waals surface area contributed by atoms with Gasteiger partial charge in [-0.05, 0) is 52.3 Å². The summed E-state index contributed by atoms with van der Waals surface area (Å²) in [6, 6.07) is 9.21. The van der Waals surface area contributed by atoms with E-state index >= 15 is 0 Å². The van der Waals surface area contributed by atoms with Crippen LogP contribution in [0.2, 0.25) is 0 Å². The van der Waals surface area contributed by atoms with Gasteiger partial charge in [-0.15, -0.1) is 0 Å². The first-order chi connectivity index (χ1) is 8.91. The van der Waals surface area contributed by atoms with E-state index in [4.69, 9.17) is 10.5 Å². The summed E-state index contributed by atoms with van der Waals surface area (Å²) >= 11 is 0. The van der Waals surface area contributed by atoms with E-state index in [1.165, 1.54) is 0 Å². The molecule has 0 fully saturated rings. The summed E-state index contributed by atoms with van der Waals surface area (Å²) in [5, 5.41) is 0. The Kier molecular flexibility index (Phi) is 6.32. The van der Waals surface area contributed by atoms with Crippen molar-refractivity contribution in [3.63, 3.8) is 0 Å². The molecule has 0 radical (unpaired) electrons. The average Bonchev–Trinajstić information content (AvgIpc) is 2.34. The maximum atomic E-state index is 5.82. The summed E-state index contributed by atoms with van der Waals surface area (Å²) in [5.41, 5.74) is 6.96. The number of benzene rings is 1. The maximum Gasteiger partial charge on any atom is 0.119 e. The van der Waals surface area contributed by atoms with E-state index in [9.17, 15) is 0 Å². The lowest BCUT2D eigenvalue weighted by Gasteiger charge is -2.30. The minimum atomic E-state index is 0.0754. The van der Waals surface area contributed by atoms with Gasteiger partial charge in [-0.3, -0.25) is 4.90 Å². The van der Waals surface area contributed by atoms with Crippen molar-refractivity contribution in [3.05, 3.63) is 29.8 Å². The lowest BCUT2D eigenvalue weighted by Crippen LogP contribution is -2.39. The number of nitrogens with two attached hydrogens (primary N) is 1. The van der Waals surface area contributed by atoms with E-state index in [1.807, 2.05) is 31.2 Å². The van der Waals surface area contributed by atoms with Gasteiger partial charge in [0.1, 0.15) is 12.4 Å². The van der Waals surface area contributed by atoms with Crippen LogP contribution in [0.15, 0.2) is 24.3 Å². The summed E-state index contributed by atoms with van der Waals surface area (Å²) in [6.07, 6.45) is 0. The molecule has 3 heteroatoms. The first-order valence-electron chi connectivity index (χ1n) is 7.16. The summed E-state index contributed by atoms with van der Waals surface area (Å²) in [7, 11) is 0. The minimum Gasteiger partial charge on any atom is -0.492 e. The molecule has 0 bridgehead atoms. The van der Waals surface area contributed by atoms with Gasteiger partial charge < -0.3 is 10.5 Å². The zero-order valence-corrected chi connectivity index (χ0v) is 12.9. The summed E-state index contributed by atoms with van der Waals surface area (Å²) in [6.45, 7) is 12.5. The zero-order chi connectivity index (χ0) is 14.4. The molecule has 0 saturated heterocycles. The predicted octanol–water partition coefficient (Wildman–Crippen LogP) is 3.20. The molecule has 0 aromatic heterocycles. The van der Waals surface area contributed by atoms with Crippen molar-refractivity contribution < 1.29 is 4.74 Å². The molecule has 1 rings (SSSR count). The van der Waals surface area contributed by atoms with Crippen LogP contribution in [-0.4, -0.2) is 30.1 Å². The highest BCUT2D eigenvalue weighted by molar-refractivity contribution is 5.28. The van der Waals surface area contributed by atoms with Gasteiger partial charge in [0.25, 0.3) is 0 Å². The van der Waals surface area contributed by atoms with Crippen LogP contribution in [0.4, 0.5) is 0 Å². The van der Waals surface area contributed by atoms with Crippen molar-refractivity contribution in [1.82, 2.24) is 4.90 Å². The highest BCUT2D eigenvalue weighted by Crippen LogP contribution is 2.16. The van der Waals surface area contributed by atoms with Crippen molar-refractivity contribution in [2.24, 2.45) is 5.73 Å². The molecular weight excluding hydrogens is 236 g/mol. The molecule has 1 atom stereocenters. The fourth-order valence-corrected chi connectivity index (χ4v) is 2.25. The quantitative estimate of drug-likeness (QED) is 0.822. The van der Waals surface area contributed by atoms with Crippen LogP contribution < -0.4 is 10.5 Å². The van der Waals surface area contributed by atoms with Crippen LogP contribution in [-0.2, 0) is 0 Å². The van der Waals surface area contributed by atoms with Crippen molar-refractivity contribution in [2.75, 3.05) is 13.2 Å². The smallest absolute Gasteiger partial charge is 0.119 e. The Balaban J connectivity index is 2.44. The lowest BCUT2D eigenvalue weighted by molar-refractivity contribution is 0.142. The van der Waals surface area contributed by atoms with Crippen LogP contribution in [0.3, 0.4) is 0 Å². The van der Waals surface area contributed by atoms with Gasteiger partial charge in [0.2, 0.25) is 0 Å². The molecule has 19 heavy (non-hydrogen) atoms. The zero-order valence-electron chi connectivity index (χ0n) is 12.9. The third-order valence-corrected chi connectivity index (χ3v) is 3.35. The Morgan fingerprint density at radius 2 is 1.53 bits per heavy atom. The van der Waals surface area contributed by atoms with Crippen LogP contribution in [0, 0.1) is 0 Å². The second-order valence-electron chi connectivity index (χ2n) is 5.63. The number of ether oxygens (including phenoxy) is 1. The monoisotopic (exact) mass is 264 g/mol. The normalized spacial score (nSPS) is 13.3. The van der Waals surface area contributed by atoms with Crippen LogP contribution in [0.25, 0.3) is 0 Å². The highest BCUT2D eigenvalue weighted by Gasteiger charge is 2.12. The third-order valence-electron chi connectivity index (χ3n) is 3.35. The summed E-state index contributed by atoms with van der Waals surface area (Å²) in [4.78, 5) is 2.43. The molecule has 1 aromatic rings. The molecule has 0 spiro atoms. The van der Waals surface area contributed by atoms with Gasteiger partial charge in [0, 0.05) is 24.7 Å². The SMILES string of the molecule is CC(C)N(CCOc1ccc([C@H](C)N)cc1)C(C)C. The minimum absolute atomic E-state index is 0.0754. The number of nitrogens with zero attached hydrogens (tertiary/aromatic N) is 1. The van der Waals surface area contributed by atoms with Crippen molar-refractivity contribution >= 4 is 0 Å². The number of hydrogen-bond acceptors (Lipinski definition) is 3. The van der Waals surface area contributed by atoms with E-state index in [0.717, 1.165) is 17.9 Å². The van der Waals surface area contributed by atoms with Gasteiger partial charge in [0.05, 0.1) is 0 Å². The largest absolute Gasteiger partial charge is 0.492 e. The standard InChI is InChI=1S/C16H28N2O/c1-12(2)18(13(3)4)10-11-19-16-8-6-15(7-9-16)14(5)17/h6-9,12-14H,10-11,17H2,1-5H3/t14-/m0/s1. The number of hydrogen-bond donors (Lipinski definition) is 1. The molecule has 0 unspecified atom stereocenters. The first-order valence-corrected chi connectivity index (χ1v) is 7.16. The van der Waals surface area contributed by atoms with E-state index < -0.39 is 0 Å². The Morgan fingerprint density at radius 3 is 1.95 bits per heavy atom. The molecule has 0 heterocycles. The second-order valence-corrected chi connectivity index (χ2v) is 5.63. The Hall–Kier alpha value is -1.06. The summed E-state index contributed by atoms with van der Waals surface area (Å²) < 4.78 is 5.79. The molecule has 2 N–H and O–H groups in total. The molecule has 108 valence electrons. The van der Waals surface area contributed by atoms with Crippen LogP contribution in [0.1, 0.15) is 46.2 Å². The van der Waals surface area contributed by atoms with Gasteiger partial charge in [-0.1, -0.05) is 12.1 Å². The van der Waals surface area contributed by atoms with Crippen LogP contribution in [0.5, 0.6) is 5.75 Å². The van der Waals surface area contributed by atoms with E-state index in [2.05, 4.69) is 32.6 Å². The molecule has 0 aliphatic heterocycles. The van der Waals surface area contributed by atoms with E-state index in [1.54, 1.807) is 0 Å². The van der Waals surface area contributed by atoms with Gasteiger partial charge in [0.15, 0.2) is 0 Å². The Bertz CT molecular complexity index is 350. The molecule has 0 aliphatic rings. The van der Waals surface area contributed by atoms with Crippen molar-refractivity contribution in [2.45, 2.75) is 52.7 Å². The molecule has 0 amide bonds. The molecule has 3 nitrogen and oxygen atoms in total.